The number of allylic oxidation sites excluding steroid dienone is 2. The Morgan fingerprint density at radius 3 is 2.45 bits per heavy atom. The van der Waals surface area contributed by atoms with Crippen LogP contribution in [0.25, 0.3) is 0 Å². The van der Waals surface area contributed by atoms with Crippen LogP contribution in [0, 0.1) is 0 Å². The highest BCUT2D eigenvalue weighted by atomic mass is 16.2. The van der Waals surface area contributed by atoms with Gasteiger partial charge in [0.05, 0.1) is 5.70 Å². The molecule has 0 heterocycles. The molecule has 0 spiro atoms. The lowest BCUT2D eigenvalue weighted by Crippen LogP contribution is -2.49. The molecule has 116 valence electrons. The van der Waals surface area contributed by atoms with Gasteiger partial charge in [-0.25, -0.2) is 14.8 Å². The standard InChI is InChI=1S/C17H21N3O2/c1-13-9-7-8-12-15(13)20(19(2)3)17(22)18-16(21)14-10-5-4-6-11-14/h4-6,10-12H,1,7-9H2,2-3H3,(H,18,21,22). The molecule has 1 aromatic carbocycles. The van der Waals surface area contributed by atoms with Crippen LogP contribution in [0.15, 0.2) is 54.3 Å². The maximum Gasteiger partial charge on any atom is 0.343 e. The number of carbonyl (C=O) groups excluding carboxylic acids is 2. The molecule has 0 aromatic heterocycles. The lowest BCUT2D eigenvalue weighted by atomic mass is 10.00. The molecule has 5 heteroatoms. The second-order valence-corrected chi connectivity index (χ2v) is 5.37. The van der Waals surface area contributed by atoms with Crippen molar-refractivity contribution >= 4 is 11.9 Å². The molecule has 0 unspecified atom stereocenters. The Hall–Kier alpha value is -2.40. The van der Waals surface area contributed by atoms with Crippen LogP contribution in [-0.4, -0.2) is 36.1 Å². The summed E-state index contributed by atoms with van der Waals surface area (Å²) in [7, 11) is 3.52. The highest BCUT2D eigenvalue weighted by Crippen LogP contribution is 2.26. The summed E-state index contributed by atoms with van der Waals surface area (Å²) >= 11 is 0. The average Bonchev–Trinajstić information content (AvgIpc) is 2.50. The molecule has 1 aliphatic rings. The van der Waals surface area contributed by atoms with E-state index >= 15 is 0 Å². The van der Waals surface area contributed by atoms with Gasteiger partial charge in [-0.3, -0.25) is 10.1 Å². The largest absolute Gasteiger partial charge is 0.343 e. The minimum absolute atomic E-state index is 0.417. The molecule has 3 amide bonds. The van der Waals surface area contributed by atoms with Gasteiger partial charge in [-0.15, -0.1) is 0 Å². The van der Waals surface area contributed by atoms with Crippen LogP contribution >= 0.6 is 0 Å². The van der Waals surface area contributed by atoms with Crippen LogP contribution in [0.1, 0.15) is 29.6 Å². The Bertz CT molecular complexity index is 606. The topological polar surface area (TPSA) is 52.7 Å². The van der Waals surface area contributed by atoms with Crippen LogP contribution < -0.4 is 5.32 Å². The van der Waals surface area contributed by atoms with Crippen molar-refractivity contribution in [2.24, 2.45) is 0 Å². The van der Waals surface area contributed by atoms with E-state index < -0.39 is 11.9 Å². The molecule has 1 aromatic rings. The van der Waals surface area contributed by atoms with Gasteiger partial charge in [-0.05, 0) is 37.0 Å². The maximum absolute atomic E-state index is 12.5. The van der Waals surface area contributed by atoms with Crippen molar-refractivity contribution in [3.63, 3.8) is 0 Å². The van der Waals surface area contributed by atoms with E-state index in [-0.39, 0.29) is 0 Å². The summed E-state index contributed by atoms with van der Waals surface area (Å²) in [5.74, 6) is -0.417. The Morgan fingerprint density at radius 1 is 1.18 bits per heavy atom. The highest BCUT2D eigenvalue weighted by molar-refractivity contribution is 6.04. The Balaban J connectivity index is 2.15. The smallest absolute Gasteiger partial charge is 0.272 e. The van der Waals surface area contributed by atoms with Crippen LogP contribution in [-0.2, 0) is 0 Å². The molecule has 0 radical (unpaired) electrons. The number of urea groups is 1. The second kappa shape index (κ2) is 7.04. The second-order valence-electron chi connectivity index (χ2n) is 5.37. The van der Waals surface area contributed by atoms with Crippen molar-refractivity contribution in [3.05, 3.63) is 59.8 Å². The zero-order valence-electron chi connectivity index (χ0n) is 13.0. The van der Waals surface area contributed by atoms with E-state index in [4.69, 9.17) is 0 Å². The molecule has 22 heavy (non-hydrogen) atoms. The summed E-state index contributed by atoms with van der Waals surface area (Å²) in [5, 5.41) is 5.52. The van der Waals surface area contributed by atoms with Crippen molar-refractivity contribution in [1.29, 1.82) is 0 Å². The van der Waals surface area contributed by atoms with Crippen molar-refractivity contribution in [3.8, 4) is 0 Å². The SMILES string of the molecule is C=C1CCCC=C1N(C(=O)NC(=O)c1ccccc1)N(C)C. The molecule has 0 fully saturated rings. The van der Waals surface area contributed by atoms with Gasteiger partial charge in [0.25, 0.3) is 5.91 Å². The third-order valence-electron chi connectivity index (χ3n) is 3.46. The number of rotatable bonds is 3. The molecular weight excluding hydrogens is 278 g/mol. The lowest BCUT2D eigenvalue weighted by Gasteiger charge is -2.33. The minimum atomic E-state index is -0.479. The molecule has 1 aliphatic carbocycles. The minimum Gasteiger partial charge on any atom is -0.272 e. The molecule has 0 atom stereocenters. The number of benzene rings is 1. The predicted octanol–water partition coefficient (Wildman–Crippen LogP) is 2.94. The van der Waals surface area contributed by atoms with Crippen LogP contribution in [0.3, 0.4) is 0 Å². The number of hydrogen-bond acceptors (Lipinski definition) is 3. The molecule has 2 rings (SSSR count). The van der Waals surface area contributed by atoms with Gasteiger partial charge < -0.3 is 0 Å². The first-order valence-corrected chi connectivity index (χ1v) is 7.26. The molecule has 0 aliphatic heterocycles. The number of hydrogen-bond donors (Lipinski definition) is 1. The number of amides is 3. The van der Waals surface area contributed by atoms with Gasteiger partial charge in [0, 0.05) is 19.7 Å². The first kappa shape index (κ1) is 16.0. The highest BCUT2D eigenvalue weighted by Gasteiger charge is 2.25. The van der Waals surface area contributed by atoms with Gasteiger partial charge in [-0.1, -0.05) is 30.9 Å². The van der Waals surface area contributed by atoms with E-state index in [1.165, 1.54) is 5.01 Å². The summed E-state index contributed by atoms with van der Waals surface area (Å²) < 4.78 is 0. The molecule has 0 saturated carbocycles. The van der Waals surface area contributed by atoms with E-state index in [1.54, 1.807) is 43.4 Å². The van der Waals surface area contributed by atoms with Crippen LogP contribution in [0.2, 0.25) is 0 Å². The third kappa shape index (κ3) is 3.62. The summed E-state index contributed by atoms with van der Waals surface area (Å²) in [4.78, 5) is 24.6. The first-order valence-electron chi connectivity index (χ1n) is 7.26. The normalized spacial score (nSPS) is 14.5. The fourth-order valence-corrected chi connectivity index (χ4v) is 2.38. The van der Waals surface area contributed by atoms with Crippen molar-refractivity contribution in [2.75, 3.05) is 14.1 Å². The monoisotopic (exact) mass is 299 g/mol. The predicted molar refractivity (Wildman–Crippen MR) is 85.9 cm³/mol. The summed E-state index contributed by atoms with van der Waals surface area (Å²) in [6, 6.07) is 8.20. The maximum atomic E-state index is 12.5. The zero-order valence-corrected chi connectivity index (χ0v) is 13.0. The van der Waals surface area contributed by atoms with Crippen molar-refractivity contribution in [1.82, 2.24) is 15.3 Å². The van der Waals surface area contributed by atoms with Gasteiger partial charge in [0.15, 0.2) is 0 Å². The van der Waals surface area contributed by atoms with Gasteiger partial charge in [0.2, 0.25) is 0 Å². The van der Waals surface area contributed by atoms with Crippen LogP contribution in [0.5, 0.6) is 0 Å². The van der Waals surface area contributed by atoms with E-state index in [9.17, 15) is 9.59 Å². The van der Waals surface area contributed by atoms with E-state index in [0.717, 1.165) is 30.5 Å². The van der Waals surface area contributed by atoms with Gasteiger partial charge in [-0.2, -0.15) is 0 Å². The summed E-state index contributed by atoms with van der Waals surface area (Å²) in [6.07, 6.45) is 4.78. The van der Waals surface area contributed by atoms with Crippen molar-refractivity contribution < 1.29 is 9.59 Å². The Labute approximate surface area is 130 Å². The zero-order chi connectivity index (χ0) is 16.1. The molecule has 5 nitrogen and oxygen atoms in total. The van der Waals surface area contributed by atoms with Gasteiger partial charge >= 0.3 is 6.03 Å². The number of nitrogens with one attached hydrogen (secondary N) is 1. The fourth-order valence-electron chi connectivity index (χ4n) is 2.38. The van der Waals surface area contributed by atoms with E-state index in [1.807, 2.05) is 12.1 Å². The number of nitrogens with zero attached hydrogens (tertiary/aromatic N) is 2. The average molecular weight is 299 g/mol. The van der Waals surface area contributed by atoms with E-state index in [2.05, 4.69) is 11.9 Å². The lowest BCUT2D eigenvalue weighted by molar-refractivity contribution is 0.0831. The van der Waals surface area contributed by atoms with E-state index in [0.29, 0.717) is 5.56 Å². The number of carbonyl (C=O) groups is 2. The van der Waals surface area contributed by atoms with Crippen molar-refractivity contribution in [2.45, 2.75) is 19.3 Å². The first-order chi connectivity index (χ1) is 10.5. The molecule has 0 bridgehead atoms. The fraction of sp³-hybridized carbons (Fsp3) is 0.294. The Kier molecular flexibility index (Phi) is 5.12. The molecule has 1 N–H and O–H groups in total. The number of hydrazine groups is 1. The number of imide groups is 1. The quantitative estimate of drug-likeness (QED) is 0.873. The van der Waals surface area contributed by atoms with Crippen LogP contribution in [0.4, 0.5) is 4.79 Å². The molecule has 0 saturated heterocycles. The molecular formula is C17H21N3O2. The van der Waals surface area contributed by atoms with Gasteiger partial charge in [0.1, 0.15) is 0 Å². The summed E-state index contributed by atoms with van der Waals surface area (Å²) in [5.41, 5.74) is 2.11. The third-order valence-corrected chi connectivity index (χ3v) is 3.46. The Morgan fingerprint density at radius 2 is 1.86 bits per heavy atom. The summed E-state index contributed by atoms with van der Waals surface area (Å²) in [6.45, 7) is 4.02.